The molecule has 0 amide bonds. The molecule has 1 aliphatic carbocycles. The van der Waals surface area contributed by atoms with Gasteiger partial charge in [0, 0.05) is 52.2 Å². The van der Waals surface area contributed by atoms with Crippen LogP contribution in [-0.4, -0.2) is 28.0 Å². The number of hydrogen-bond donors (Lipinski definition) is 2. The summed E-state index contributed by atoms with van der Waals surface area (Å²) in [4.78, 5) is 0.176. The lowest BCUT2D eigenvalue weighted by Crippen LogP contribution is -2.48. The van der Waals surface area contributed by atoms with E-state index in [0.29, 0.717) is 11.1 Å². The van der Waals surface area contributed by atoms with Gasteiger partial charge in [0.05, 0.1) is 0 Å². The molecule has 6 aromatic rings. The number of phenolic OH excluding ortho intramolecular Hbond substituents is 2. The number of thiophene rings is 2. The Hall–Kier alpha value is -4.28. The number of fused-ring (bicyclic) bond motifs is 2. The van der Waals surface area contributed by atoms with Crippen LogP contribution in [0.25, 0.3) is 52.2 Å². The molecule has 0 saturated heterocycles. The zero-order valence-electron chi connectivity index (χ0n) is 28.6. The summed E-state index contributed by atoms with van der Waals surface area (Å²) in [7, 11) is 0. The molecule has 0 aliphatic heterocycles. The molecule has 1 aliphatic rings. The molecule has 2 nitrogen and oxygen atoms in total. The standard InChI is InChI=1S/C41H34F6O2S2/c1-37(2,3)23-11-7-21(8-12-23)35-31(27-17-15-25(48)19-29(27)50-35)33-34(40(44,45)41(46,47)39(33,42)43)32-28-18-16-26(49)20-30(28)51-36(32)22-9-13-24(14-10-22)38(4,5)6/h7-20,48-49H,1-6H3. The first-order valence-electron chi connectivity index (χ1n) is 16.3. The third-order valence-corrected chi connectivity index (χ3v) is 11.9. The third kappa shape index (κ3) is 5.36. The highest BCUT2D eigenvalue weighted by Gasteiger charge is 2.80. The van der Waals surface area contributed by atoms with Crippen molar-refractivity contribution in [3.63, 3.8) is 0 Å². The minimum absolute atomic E-state index is 0.0293. The average molecular weight is 737 g/mol. The quantitative estimate of drug-likeness (QED) is 0.177. The van der Waals surface area contributed by atoms with Gasteiger partial charge in [-0.05, 0) is 69.5 Å². The van der Waals surface area contributed by atoms with Crippen molar-refractivity contribution < 1.29 is 36.6 Å². The van der Waals surface area contributed by atoms with Crippen molar-refractivity contribution in [2.24, 2.45) is 0 Å². The number of rotatable bonds is 4. The Morgan fingerprint density at radius 2 is 0.824 bits per heavy atom. The van der Waals surface area contributed by atoms with Crippen molar-refractivity contribution in [2.45, 2.75) is 70.1 Å². The molecule has 2 aromatic heterocycles. The average Bonchev–Trinajstić information content (AvgIpc) is 3.62. The number of phenols is 2. The molecule has 0 atom stereocenters. The van der Waals surface area contributed by atoms with Crippen molar-refractivity contribution in [1.29, 1.82) is 0 Å². The summed E-state index contributed by atoms with van der Waals surface area (Å²) in [6.07, 6.45) is 0. The highest BCUT2D eigenvalue weighted by atomic mass is 32.1. The summed E-state index contributed by atoms with van der Waals surface area (Å²) in [5.74, 6) is -16.8. The van der Waals surface area contributed by atoms with E-state index in [4.69, 9.17) is 0 Å². The van der Waals surface area contributed by atoms with E-state index in [2.05, 4.69) is 0 Å². The lowest BCUT2D eigenvalue weighted by atomic mass is 9.85. The molecule has 0 fully saturated rings. The lowest BCUT2D eigenvalue weighted by Gasteiger charge is -2.26. The van der Waals surface area contributed by atoms with Gasteiger partial charge < -0.3 is 10.2 Å². The van der Waals surface area contributed by atoms with Gasteiger partial charge in [0.1, 0.15) is 11.5 Å². The van der Waals surface area contributed by atoms with Crippen LogP contribution in [0.2, 0.25) is 0 Å². The molecule has 51 heavy (non-hydrogen) atoms. The molecule has 10 heteroatoms. The second kappa shape index (κ2) is 11.4. The van der Waals surface area contributed by atoms with E-state index in [-0.39, 0.29) is 52.3 Å². The zero-order chi connectivity index (χ0) is 37.1. The molecule has 4 aromatic carbocycles. The highest BCUT2D eigenvalue weighted by molar-refractivity contribution is 7.23. The Morgan fingerprint density at radius 3 is 1.14 bits per heavy atom. The van der Waals surface area contributed by atoms with Crippen LogP contribution in [0, 0.1) is 0 Å². The number of hydrogen-bond acceptors (Lipinski definition) is 4. The first-order chi connectivity index (χ1) is 23.6. The maximum absolute atomic E-state index is 16.6. The van der Waals surface area contributed by atoms with Crippen LogP contribution in [0.1, 0.15) is 63.8 Å². The molecule has 0 unspecified atom stereocenters. The summed E-state index contributed by atoms with van der Waals surface area (Å²) in [6, 6.07) is 21.5. The summed E-state index contributed by atoms with van der Waals surface area (Å²) >= 11 is 1.91. The third-order valence-electron chi connectivity index (χ3n) is 9.54. The topological polar surface area (TPSA) is 40.5 Å². The minimum atomic E-state index is -5.80. The molecule has 2 heterocycles. The van der Waals surface area contributed by atoms with Gasteiger partial charge in [0.15, 0.2) is 0 Å². The second-order valence-corrected chi connectivity index (χ2v) is 17.2. The minimum Gasteiger partial charge on any atom is -0.508 e. The van der Waals surface area contributed by atoms with Crippen molar-refractivity contribution >= 4 is 54.0 Å². The van der Waals surface area contributed by atoms with Gasteiger partial charge in [-0.1, -0.05) is 90.1 Å². The first-order valence-corrected chi connectivity index (χ1v) is 17.9. The predicted octanol–water partition coefficient (Wildman–Crippen LogP) is 13.3. The van der Waals surface area contributed by atoms with E-state index in [1.165, 1.54) is 36.4 Å². The van der Waals surface area contributed by atoms with Crippen LogP contribution in [0.4, 0.5) is 26.3 Å². The van der Waals surface area contributed by atoms with E-state index in [0.717, 1.165) is 33.8 Å². The number of halogens is 6. The van der Waals surface area contributed by atoms with Crippen molar-refractivity contribution in [1.82, 2.24) is 0 Å². The van der Waals surface area contributed by atoms with Crippen LogP contribution in [0.3, 0.4) is 0 Å². The summed E-state index contributed by atoms with van der Waals surface area (Å²) < 4.78 is 98.9. The van der Waals surface area contributed by atoms with E-state index in [1.807, 2.05) is 41.5 Å². The molecule has 7 rings (SSSR count). The van der Waals surface area contributed by atoms with Crippen LogP contribution in [0.15, 0.2) is 84.9 Å². The van der Waals surface area contributed by atoms with Crippen LogP contribution in [-0.2, 0) is 10.8 Å². The van der Waals surface area contributed by atoms with Gasteiger partial charge in [-0.25, -0.2) is 0 Å². The monoisotopic (exact) mass is 736 g/mol. The molecular formula is C41H34F6O2S2. The Kier molecular flexibility index (Phi) is 7.83. The Labute approximate surface area is 299 Å². The predicted molar refractivity (Wildman–Crippen MR) is 197 cm³/mol. The van der Waals surface area contributed by atoms with E-state index in [1.54, 1.807) is 48.5 Å². The van der Waals surface area contributed by atoms with Gasteiger partial charge in [0.25, 0.3) is 0 Å². The fourth-order valence-corrected chi connectivity index (χ4v) is 9.20. The van der Waals surface area contributed by atoms with Gasteiger partial charge in [0.2, 0.25) is 0 Å². The number of aromatic hydroxyl groups is 2. The largest absolute Gasteiger partial charge is 0.508 e. The van der Waals surface area contributed by atoms with Crippen molar-refractivity contribution in [3.05, 3.63) is 107 Å². The van der Waals surface area contributed by atoms with Crippen LogP contribution < -0.4 is 0 Å². The summed E-state index contributed by atoms with van der Waals surface area (Å²) in [5, 5.41) is 20.7. The number of alkyl halides is 6. The normalized spacial score (nSPS) is 17.2. The fraction of sp³-hybridized carbons (Fsp3) is 0.268. The highest BCUT2D eigenvalue weighted by Crippen LogP contribution is 2.68. The Balaban J connectivity index is 1.63. The molecule has 264 valence electrons. The summed E-state index contributed by atoms with van der Waals surface area (Å²) in [5.41, 5.74) is -1.75. The smallest absolute Gasteiger partial charge is 0.380 e. The fourth-order valence-electron chi connectivity index (χ4n) is 6.71. The first kappa shape index (κ1) is 35.1. The molecule has 2 N–H and O–H groups in total. The van der Waals surface area contributed by atoms with Gasteiger partial charge in [-0.2, -0.15) is 26.3 Å². The van der Waals surface area contributed by atoms with Crippen molar-refractivity contribution in [2.75, 3.05) is 0 Å². The Bertz CT molecular complexity index is 2200. The lowest BCUT2D eigenvalue weighted by molar-refractivity contribution is -0.254. The van der Waals surface area contributed by atoms with Crippen molar-refractivity contribution in [3.8, 4) is 32.4 Å². The maximum Gasteiger partial charge on any atom is 0.380 e. The van der Waals surface area contributed by atoms with E-state index < -0.39 is 40.0 Å². The zero-order valence-corrected chi connectivity index (χ0v) is 30.2. The van der Waals surface area contributed by atoms with Crippen LogP contribution in [0.5, 0.6) is 11.5 Å². The summed E-state index contributed by atoms with van der Waals surface area (Å²) in [6.45, 7) is 12.0. The maximum atomic E-state index is 16.6. The SMILES string of the molecule is CC(C)(C)c1ccc(-c2sc3cc(O)ccc3c2C2=C(c3c(-c4ccc(C(C)(C)C)cc4)sc4cc(O)ccc34)C(F)(F)C(F)(F)C2(F)F)cc1. The van der Waals surface area contributed by atoms with Gasteiger partial charge in [-0.3, -0.25) is 0 Å². The van der Waals surface area contributed by atoms with Gasteiger partial charge >= 0.3 is 17.8 Å². The Morgan fingerprint density at radius 1 is 0.490 bits per heavy atom. The van der Waals surface area contributed by atoms with Crippen LogP contribution >= 0.6 is 22.7 Å². The number of allylic oxidation sites excluding steroid dienone is 2. The van der Waals surface area contributed by atoms with E-state index in [9.17, 15) is 10.2 Å². The molecular weight excluding hydrogens is 703 g/mol. The van der Waals surface area contributed by atoms with E-state index >= 15 is 26.3 Å². The molecule has 0 radical (unpaired) electrons. The number of benzene rings is 4. The molecule has 0 saturated carbocycles. The second-order valence-electron chi connectivity index (χ2n) is 15.1. The molecule has 0 spiro atoms. The van der Waals surface area contributed by atoms with Gasteiger partial charge in [-0.15, -0.1) is 22.7 Å². The molecule has 0 bridgehead atoms.